The van der Waals surface area contributed by atoms with E-state index in [1.807, 2.05) is 35.2 Å². The summed E-state index contributed by atoms with van der Waals surface area (Å²) in [6, 6.07) is 15.3. The number of halogens is 2. The van der Waals surface area contributed by atoms with E-state index in [0.29, 0.717) is 23.7 Å². The van der Waals surface area contributed by atoms with Crippen LogP contribution in [0.4, 0.5) is 5.69 Å². The zero-order valence-electron chi connectivity index (χ0n) is 12.0. The Labute approximate surface area is 143 Å². The number of anilines is 1. The van der Waals surface area contributed by atoms with Crippen LogP contribution in [-0.4, -0.2) is 37.0 Å². The van der Waals surface area contributed by atoms with Crippen molar-refractivity contribution in [3.05, 3.63) is 63.6 Å². The first-order valence-corrected chi connectivity index (χ1v) is 8.36. The van der Waals surface area contributed by atoms with Crippen molar-refractivity contribution in [2.45, 2.75) is 0 Å². The Kier molecular flexibility index (Phi) is 4.69. The molecule has 1 aliphatic rings. The fraction of sp³-hybridized carbons (Fsp3) is 0.235. The van der Waals surface area contributed by atoms with Crippen molar-refractivity contribution in [3.8, 4) is 0 Å². The third kappa shape index (κ3) is 3.28. The first kappa shape index (κ1) is 15.4. The summed E-state index contributed by atoms with van der Waals surface area (Å²) >= 11 is 9.55. The number of piperazine rings is 1. The van der Waals surface area contributed by atoms with Crippen LogP contribution in [0.2, 0.25) is 5.02 Å². The topological polar surface area (TPSA) is 23.6 Å². The molecule has 1 aliphatic heterocycles. The van der Waals surface area contributed by atoms with E-state index in [1.165, 1.54) is 5.69 Å². The normalized spacial score (nSPS) is 15.0. The van der Waals surface area contributed by atoms with E-state index in [-0.39, 0.29) is 5.91 Å². The molecule has 1 amide bonds. The molecule has 1 fully saturated rings. The maximum Gasteiger partial charge on any atom is 0.254 e. The van der Waals surface area contributed by atoms with Crippen LogP contribution in [0.15, 0.2) is 53.0 Å². The highest BCUT2D eigenvalue weighted by atomic mass is 79.9. The lowest BCUT2D eigenvalue weighted by Crippen LogP contribution is -2.48. The van der Waals surface area contributed by atoms with Gasteiger partial charge in [0.15, 0.2) is 0 Å². The molecule has 0 radical (unpaired) electrons. The van der Waals surface area contributed by atoms with Crippen LogP contribution in [0.5, 0.6) is 0 Å². The predicted octanol–water partition coefficient (Wildman–Crippen LogP) is 4.06. The number of hydrogen-bond acceptors (Lipinski definition) is 2. The summed E-state index contributed by atoms with van der Waals surface area (Å²) in [6.45, 7) is 3.09. The molecule has 2 aromatic carbocycles. The second-order valence-corrected chi connectivity index (χ2v) is 6.53. The standard InChI is InChI=1S/C17H16BrClN2O/c18-15-6-1-2-7-16(15)20-8-10-21(11-9-20)17(22)13-4-3-5-14(19)12-13/h1-7,12H,8-11H2. The lowest BCUT2D eigenvalue weighted by Gasteiger charge is -2.36. The van der Waals surface area contributed by atoms with Gasteiger partial charge in [0.1, 0.15) is 0 Å². The van der Waals surface area contributed by atoms with Crippen molar-refractivity contribution in [2.24, 2.45) is 0 Å². The molecule has 22 heavy (non-hydrogen) atoms. The number of rotatable bonds is 2. The highest BCUT2D eigenvalue weighted by Crippen LogP contribution is 2.26. The van der Waals surface area contributed by atoms with Crippen LogP contribution in [0.1, 0.15) is 10.4 Å². The van der Waals surface area contributed by atoms with Gasteiger partial charge in [-0.1, -0.05) is 29.8 Å². The van der Waals surface area contributed by atoms with Crippen molar-refractivity contribution in [1.82, 2.24) is 4.90 Å². The fourth-order valence-electron chi connectivity index (χ4n) is 2.66. The van der Waals surface area contributed by atoms with Gasteiger partial charge in [0.25, 0.3) is 5.91 Å². The van der Waals surface area contributed by atoms with Crippen molar-refractivity contribution < 1.29 is 4.79 Å². The molecule has 5 heteroatoms. The maximum atomic E-state index is 12.5. The van der Waals surface area contributed by atoms with Crippen molar-refractivity contribution in [2.75, 3.05) is 31.1 Å². The Morgan fingerprint density at radius 3 is 2.41 bits per heavy atom. The highest BCUT2D eigenvalue weighted by Gasteiger charge is 2.23. The first-order chi connectivity index (χ1) is 10.6. The zero-order valence-corrected chi connectivity index (χ0v) is 14.3. The number of para-hydroxylation sites is 1. The van der Waals surface area contributed by atoms with E-state index >= 15 is 0 Å². The van der Waals surface area contributed by atoms with Crippen LogP contribution in [0, 0.1) is 0 Å². The molecule has 0 aliphatic carbocycles. The molecule has 0 N–H and O–H groups in total. The largest absolute Gasteiger partial charge is 0.367 e. The number of benzene rings is 2. The third-order valence-corrected chi connectivity index (χ3v) is 4.74. The van der Waals surface area contributed by atoms with E-state index in [4.69, 9.17) is 11.6 Å². The minimum atomic E-state index is 0.0503. The summed E-state index contributed by atoms with van der Waals surface area (Å²) in [5.41, 5.74) is 1.83. The summed E-state index contributed by atoms with van der Waals surface area (Å²) in [5, 5.41) is 0.595. The molecule has 2 aromatic rings. The Morgan fingerprint density at radius 1 is 1.00 bits per heavy atom. The molecule has 0 unspecified atom stereocenters. The molecule has 114 valence electrons. The van der Waals surface area contributed by atoms with Crippen LogP contribution in [0.3, 0.4) is 0 Å². The number of carbonyl (C=O) groups is 1. The van der Waals surface area contributed by atoms with Crippen LogP contribution in [0.25, 0.3) is 0 Å². The van der Waals surface area contributed by atoms with E-state index in [9.17, 15) is 4.79 Å². The van der Waals surface area contributed by atoms with Gasteiger partial charge < -0.3 is 9.80 Å². The Balaban J connectivity index is 1.67. The first-order valence-electron chi connectivity index (χ1n) is 7.19. The molecule has 0 atom stereocenters. The molecule has 0 spiro atoms. The Hall–Kier alpha value is -1.52. The quantitative estimate of drug-likeness (QED) is 0.785. The summed E-state index contributed by atoms with van der Waals surface area (Å²) in [7, 11) is 0. The lowest BCUT2D eigenvalue weighted by atomic mass is 10.1. The highest BCUT2D eigenvalue weighted by molar-refractivity contribution is 9.10. The molecule has 1 heterocycles. The number of hydrogen-bond donors (Lipinski definition) is 0. The molecule has 0 saturated carbocycles. The van der Waals surface area contributed by atoms with Gasteiger partial charge in [-0.2, -0.15) is 0 Å². The molecule has 3 rings (SSSR count). The SMILES string of the molecule is O=C(c1cccc(Cl)c1)N1CCN(c2ccccc2Br)CC1. The van der Waals surface area contributed by atoms with E-state index < -0.39 is 0 Å². The molecular formula is C17H16BrClN2O. The number of amides is 1. The van der Waals surface area contributed by atoms with E-state index in [1.54, 1.807) is 12.1 Å². The Morgan fingerprint density at radius 2 is 1.73 bits per heavy atom. The second-order valence-electron chi connectivity index (χ2n) is 5.24. The minimum absolute atomic E-state index is 0.0503. The van der Waals surface area contributed by atoms with Gasteiger partial charge in [-0.3, -0.25) is 4.79 Å². The van der Waals surface area contributed by atoms with Crippen molar-refractivity contribution in [3.63, 3.8) is 0 Å². The van der Waals surface area contributed by atoms with Gasteiger partial charge in [0, 0.05) is 41.2 Å². The molecule has 0 aromatic heterocycles. The van der Waals surface area contributed by atoms with Gasteiger partial charge in [0.2, 0.25) is 0 Å². The fourth-order valence-corrected chi connectivity index (χ4v) is 3.39. The molecule has 3 nitrogen and oxygen atoms in total. The number of carbonyl (C=O) groups excluding carboxylic acids is 1. The average molecular weight is 380 g/mol. The monoisotopic (exact) mass is 378 g/mol. The Bertz CT molecular complexity index is 684. The van der Waals surface area contributed by atoms with Crippen LogP contribution < -0.4 is 4.90 Å². The predicted molar refractivity (Wildman–Crippen MR) is 93.7 cm³/mol. The summed E-state index contributed by atoms with van der Waals surface area (Å²) < 4.78 is 1.09. The van der Waals surface area contributed by atoms with Gasteiger partial charge in [-0.05, 0) is 46.3 Å². The smallest absolute Gasteiger partial charge is 0.254 e. The third-order valence-electron chi connectivity index (χ3n) is 3.83. The van der Waals surface area contributed by atoms with Crippen molar-refractivity contribution in [1.29, 1.82) is 0 Å². The average Bonchev–Trinajstić information content (AvgIpc) is 2.55. The molecular weight excluding hydrogens is 364 g/mol. The minimum Gasteiger partial charge on any atom is -0.367 e. The van der Waals surface area contributed by atoms with Crippen LogP contribution in [-0.2, 0) is 0 Å². The molecule has 0 bridgehead atoms. The summed E-state index contributed by atoms with van der Waals surface area (Å²) in [5.74, 6) is 0.0503. The lowest BCUT2D eigenvalue weighted by molar-refractivity contribution is 0.0747. The zero-order chi connectivity index (χ0) is 15.5. The van der Waals surface area contributed by atoms with Gasteiger partial charge >= 0.3 is 0 Å². The van der Waals surface area contributed by atoms with E-state index in [0.717, 1.165) is 17.6 Å². The van der Waals surface area contributed by atoms with Gasteiger partial charge in [-0.15, -0.1) is 0 Å². The number of nitrogens with zero attached hydrogens (tertiary/aromatic N) is 2. The van der Waals surface area contributed by atoms with Crippen LogP contribution >= 0.6 is 27.5 Å². The maximum absolute atomic E-state index is 12.5. The van der Waals surface area contributed by atoms with Gasteiger partial charge in [0.05, 0.1) is 5.69 Å². The van der Waals surface area contributed by atoms with E-state index in [2.05, 4.69) is 26.9 Å². The summed E-state index contributed by atoms with van der Waals surface area (Å²) in [4.78, 5) is 16.7. The van der Waals surface area contributed by atoms with Gasteiger partial charge in [-0.25, -0.2) is 0 Å². The summed E-state index contributed by atoms with van der Waals surface area (Å²) in [6.07, 6.45) is 0. The molecule has 1 saturated heterocycles. The van der Waals surface area contributed by atoms with Crippen molar-refractivity contribution >= 4 is 39.1 Å². The second kappa shape index (κ2) is 6.71.